The summed E-state index contributed by atoms with van der Waals surface area (Å²) in [5.41, 5.74) is 0.414. The summed E-state index contributed by atoms with van der Waals surface area (Å²) in [5, 5.41) is 0.195. The highest BCUT2D eigenvalue weighted by Gasteiger charge is 2.10. The first-order valence-electron chi connectivity index (χ1n) is 5.74. The van der Waals surface area contributed by atoms with Gasteiger partial charge in [0.2, 0.25) is 0 Å². The van der Waals surface area contributed by atoms with Crippen LogP contribution in [0.3, 0.4) is 0 Å². The maximum Gasteiger partial charge on any atom is 0.164 e. The Balaban J connectivity index is 2.44. The second kappa shape index (κ2) is 7.23. The van der Waals surface area contributed by atoms with E-state index in [-0.39, 0.29) is 10.8 Å². The summed E-state index contributed by atoms with van der Waals surface area (Å²) in [6.07, 6.45) is 6.19. The van der Waals surface area contributed by atoms with Crippen molar-refractivity contribution in [2.45, 2.75) is 32.1 Å². The molecule has 0 unspecified atom stereocenters. The van der Waals surface area contributed by atoms with Crippen molar-refractivity contribution in [3.63, 3.8) is 0 Å². The molecule has 0 aliphatic rings. The van der Waals surface area contributed by atoms with Gasteiger partial charge >= 0.3 is 0 Å². The van der Waals surface area contributed by atoms with Gasteiger partial charge in [-0.1, -0.05) is 24.1 Å². The number of hydrogen-bond acceptors (Lipinski definition) is 1. The van der Waals surface area contributed by atoms with Crippen molar-refractivity contribution >= 4 is 17.4 Å². The van der Waals surface area contributed by atoms with Gasteiger partial charge in [-0.25, -0.2) is 4.39 Å². The number of ketones is 1. The van der Waals surface area contributed by atoms with Gasteiger partial charge in [0.25, 0.3) is 0 Å². The fourth-order valence-corrected chi connectivity index (χ4v) is 1.87. The van der Waals surface area contributed by atoms with E-state index in [0.717, 1.165) is 25.7 Å². The average Bonchev–Trinajstić information content (AvgIpc) is 2.28. The van der Waals surface area contributed by atoms with Gasteiger partial charge in [-0.15, -0.1) is 6.58 Å². The lowest BCUT2D eigenvalue weighted by molar-refractivity contribution is 0.0979. The molecule has 0 atom stereocenters. The number of hydrogen-bond donors (Lipinski definition) is 0. The molecule has 1 nitrogen and oxygen atoms in total. The molecule has 0 spiro atoms. The highest BCUT2D eigenvalue weighted by atomic mass is 35.5. The molecular weight excluding hydrogens is 239 g/mol. The Hall–Kier alpha value is -1.15. The molecule has 1 aromatic carbocycles. The molecule has 0 saturated heterocycles. The van der Waals surface area contributed by atoms with E-state index in [1.54, 1.807) is 0 Å². The number of carbonyl (C=O) groups excluding carboxylic acids is 1. The summed E-state index contributed by atoms with van der Waals surface area (Å²) in [4.78, 5) is 11.8. The lowest BCUT2D eigenvalue weighted by Crippen LogP contribution is -2.00. The monoisotopic (exact) mass is 254 g/mol. The minimum absolute atomic E-state index is 0.0198. The number of rotatable bonds is 7. The largest absolute Gasteiger partial charge is 0.294 e. The molecule has 0 saturated carbocycles. The van der Waals surface area contributed by atoms with E-state index < -0.39 is 5.82 Å². The van der Waals surface area contributed by atoms with Crippen molar-refractivity contribution in [2.24, 2.45) is 0 Å². The van der Waals surface area contributed by atoms with Gasteiger partial charge in [0.15, 0.2) is 5.78 Å². The van der Waals surface area contributed by atoms with Crippen LogP contribution >= 0.6 is 11.6 Å². The fourth-order valence-electron chi connectivity index (χ4n) is 1.60. The van der Waals surface area contributed by atoms with Crippen molar-refractivity contribution in [2.75, 3.05) is 0 Å². The lowest BCUT2D eigenvalue weighted by Gasteiger charge is -2.03. The summed E-state index contributed by atoms with van der Waals surface area (Å²) in [6, 6.07) is 3.88. The third-order valence-corrected chi connectivity index (χ3v) is 2.86. The van der Waals surface area contributed by atoms with Crippen LogP contribution < -0.4 is 0 Å². The zero-order valence-electron chi connectivity index (χ0n) is 9.72. The first-order chi connectivity index (χ1) is 8.15. The van der Waals surface area contributed by atoms with Crippen molar-refractivity contribution < 1.29 is 9.18 Å². The van der Waals surface area contributed by atoms with E-state index in [0.29, 0.717) is 12.0 Å². The molecule has 0 radical (unpaired) electrons. The molecule has 0 aliphatic carbocycles. The predicted octanol–water partition coefficient (Wildman–Crippen LogP) is 4.80. The Morgan fingerprint density at radius 2 is 2.12 bits per heavy atom. The first-order valence-corrected chi connectivity index (χ1v) is 6.12. The predicted molar refractivity (Wildman–Crippen MR) is 69.0 cm³/mol. The second-order valence-electron chi connectivity index (χ2n) is 3.94. The summed E-state index contributed by atoms with van der Waals surface area (Å²) in [6.45, 7) is 3.64. The Labute approximate surface area is 106 Å². The van der Waals surface area contributed by atoms with Gasteiger partial charge in [-0.2, -0.15) is 0 Å². The van der Waals surface area contributed by atoms with Crippen LogP contribution in [0.1, 0.15) is 42.5 Å². The number of carbonyl (C=O) groups is 1. The molecule has 0 bridgehead atoms. The SMILES string of the molecule is C=CCCCCCC(=O)c1ccc(F)cc1Cl. The van der Waals surface area contributed by atoms with Crippen LogP contribution in [0.2, 0.25) is 5.02 Å². The van der Waals surface area contributed by atoms with Crippen LogP contribution in [0.4, 0.5) is 4.39 Å². The molecule has 0 aromatic heterocycles. The Kier molecular flexibility index (Phi) is 5.92. The number of allylic oxidation sites excluding steroid dienone is 1. The highest BCUT2D eigenvalue weighted by Crippen LogP contribution is 2.20. The third kappa shape index (κ3) is 4.70. The summed E-state index contributed by atoms with van der Waals surface area (Å²) >= 11 is 5.81. The molecule has 0 amide bonds. The van der Waals surface area contributed by atoms with Crippen LogP contribution in [0, 0.1) is 5.82 Å². The molecular formula is C14H16ClFO. The van der Waals surface area contributed by atoms with Crippen LogP contribution in [-0.4, -0.2) is 5.78 Å². The molecule has 0 N–H and O–H groups in total. The fraction of sp³-hybridized carbons (Fsp3) is 0.357. The quantitative estimate of drug-likeness (QED) is 0.388. The summed E-state index contributed by atoms with van der Waals surface area (Å²) < 4.78 is 12.8. The lowest BCUT2D eigenvalue weighted by atomic mass is 10.0. The minimum Gasteiger partial charge on any atom is -0.294 e. The zero-order chi connectivity index (χ0) is 12.7. The number of halogens is 2. The molecule has 0 aliphatic heterocycles. The number of Topliss-reactive ketones (excluding diaryl/α,β-unsaturated/α-hetero) is 1. The number of benzene rings is 1. The van der Waals surface area contributed by atoms with Crippen molar-refractivity contribution in [3.05, 3.63) is 47.3 Å². The van der Waals surface area contributed by atoms with Gasteiger partial charge < -0.3 is 0 Å². The smallest absolute Gasteiger partial charge is 0.164 e. The topological polar surface area (TPSA) is 17.1 Å². The van der Waals surface area contributed by atoms with Crippen molar-refractivity contribution in [1.82, 2.24) is 0 Å². The maximum absolute atomic E-state index is 12.8. The van der Waals surface area contributed by atoms with Gasteiger partial charge in [0, 0.05) is 12.0 Å². The maximum atomic E-state index is 12.8. The van der Waals surface area contributed by atoms with Crippen LogP contribution in [0.15, 0.2) is 30.9 Å². The van der Waals surface area contributed by atoms with Crippen LogP contribution in [0.25, 0.3) is 0 Å². The molecule has 1 aromatic rings. The molecule has 0 heterocycles. The van der Waals surface area contributed by atoms with Crippen LogP contribution in [0.5, 0.6) is 0 Å². The summed E-state index contributed by atoms with van der Waals surface area (Å²) in [7, 11) is 0. The van der Waals surface area contributed by atoms with Gasteiger partial charge in [0.05, 0.1) is 5.02 Å². The van der Waals surface area contributed by atoms with E-state index in [2.05, 4.69) is 6.58 Å². The summed E-state index contributed by atoms with van der Waals surface area (Å²) in [5.74, 6) is -0.439. The molecule has 0 fully saturated rings. The number of unbranched alkanes of at least 4 members (excludes halogenated alkanes) is 3. The second-order valence-corrected chi connectivity index (χ2v) is 4.34. The highest BCUT2D eigenvalue weighted by molar-refractivity contribution is 6.33. The normalized spacial score (nSPS) is 10.2. The standard InChI is InChI=1S/C14H16ClFO/c1-2-3-4-5-6-7-14(17)12-9-8-11(16)10-13(12)15/h2,8-10H,1,3-7H2. The van der Waals surface area contributed by atoms with E-state index in [1.807, 2.05) is 6.08 Å². The van der Waals surface area contributed by atoms with Crippen molar-refractivity contribution in [1.29, 1.82) is 0 Å². The van der Waals surface area contributed by atoms with Crippen molar-refractivity contribution in [3.8, 4) is 0 Å². The van der Waals surface area contributed by atoms with Gasteiger partial charge in [-0.3, -0.25) is 4.79 Å². The molecule has 1 rings (SSSR count). The van der Waals surface area contributed by atoms with Crippen LogP contribution in [-0.2, 0) is 0 Å². The molecule has 92 valence electrons. The van der Waals surface area contributed by atoms with E-state index in [1.165, 1.54) is 18.2 Å². The molecule has 3 heteroatoms. The Bertz CT molecular complexity index is 401. The average molecular weight is 255 g/mol. The van der Waals surface area contributed by atoms with Gasteiger partial charge in [0.1, 0.15) is 5.82 Å². The third-order valence-electron chi connectivity index (χ3n) is 2.54. The Morgan fingerprint density at radius 1 is 1.35 bits per heavy atom. The Morgan fingerprint density at radius 3 is 2.76 bits per heavy atom. The van der Waals surface area contributed by atoms with E-state index in [9.17, 15) is 9.18 Å². The molecule has 17 heavy (non-hydrogen) atoms. The zero-order valence-corrected chi connectivity index (χ0v) is 10.5. The first kappa shape index (κ1) is 13.9. The van der Waals surface area contributed by atoms with E-state index in [4.69, 9.17) is 11.6 Å². The minimum atomic E-state index is -0.419. The van der Waals surface area contributed by atoms with E-state index >= 15 is 0 Å². The van der Waals surface area contributed by atoms with Gasteiger partial charge in [-0.05, 0) is 37.5 Å².